The monoisotopic (exact) mass is 315 g/mol. The van der Waals surface area contributed by atoms with Gasteiger partial charge in [0.2, 0.25) is 5.82 Å². The van der Waals surface area contributed by atoms with Gasteiger partial charge in [0, 0.05) is 19.3 Å². The van der Waals surface area contributed by atoms with E-state index in [4.69, 9.17) is 10.00 Å². The highest BCUT2D eigenvalue weighted by atomic mass is 19.1. The number of nitriles is 1. The molecule has 1 aromatic carbocycles. The number of hydrogen-bond donors (Lipinski definition) is 2. The van der Waals surface area contributed by atoms with Crippen molar-refractivity contribution in [2.75, 3.05) is 36.5 Å². The van der Waals surface area contributed by atoms with Crippen LogP contribution in [0.15, 0.2) is 24.4 Å². The fourth-order valence-corrected chi connectivity index (χ4v) is 2.28. The lowest BCUT2D eigenvalue weighted by molar-refractivity contribution is 0.123. The van der Waals surface area contributed by atoms with Crippen LogP contribution in [-0.2, 0) is 4.74 Å². The molecule has 0 radical (unpaired) electrons. The van der Waals surface area contributed by atoms with Gasteiger partial charge in [0.1, 0.15) is 17.5 Å². The van der Waals surface area contributed by atoms with Gasteiger partial charge in [-0.15, -0.1) is 10.2 Å². The number of aromatic amines is 1. The number of allylic oxidation sites excluding steroid dienone is 1. The quantitative estimate of drug-likeness (QED) is 0.816. The van der Waals surface area contributed by atoms with Gasteiger partial charge < -0.3 is 15.0 Å². The molecule has 0 spiro atoms. The Balaban J connectivity index is 1.87. The number of aromatic nitrogens is 4. The van der Waals surface area contributed by atoms with Crippen molar-refractivity contribution in [2.45, 2.75) is 0 Å². The molecule has 0 unspecified atom stereocenters. The van der Waals surface area contributed by atoms with Gasteiger partial charge in [-0.2, -0.15) is 10.5 Å². The first-order valence-electron chi connectivity index (χ1n) is 7.01. The zero-order valence-electron chi connectivity index (χ0n) is 12.2. The third-order valence-electron chi connectivity index (χ3n) is 3.39. The van der Waals surface area contributed by atoms with Gasteiger partial charge in [-0.3, -0.25) is 0 Å². The van der Waals surface area contributed by atoms with Crippen molar-refractivity contribution in [3.8, 4) is 6.07 Å². The molecular weight excluding hydrogens is 301 g/mol. The molecule has 23 heavy (non-hydrogen) atoms. The Morgan fingerprint density at radius 2 is 2.26 bits per heavy atom. The van der Waals surface area contributed by atoms with Crippen molar-refractivity contribution < 1.29 is 9.13 Å². The fraction of sp³-hybridized carbons (Fsp3) is 0.286. The maximum Gasteiger partial charge on any atom is 0.216 e. The summed E-state index contributed by atoms with van der Waals surface area (Å²) in [6.07, 6.45) is 1.43. The maximum absolute atomic E-state index is 13.6. The van der Waals surface area contributed by atoms with Crippen LogP contribution in [0, 0.1) is 17.1 Å². The molecule has 2 N–H and O–H groups in total. The van der Waals surface area contributed by atoms with E-state index in [2.05, 4.69) is 30.8 Å². The molecule has 9 heteroatoms. The van der Waals surface area contributed by atoms with E-state index >= 15 is 0 Å². The normalized spacial score (nSPS) is 15.3. The van der Waals surface area contributed by atoms with Gasteiger partial charge in [-0.05, 0) is 23.4 Å². The summed E-state index contributed by atoms with van der Waals surface area (Å²) in [5.74, 6) is -0.194. The molecule has 1 aromatic heterocycles. The number of nitrogens with zero attached hydrogens (tertiary/aromatic N) is 5. The molecule has 1 fully saturated rings. The summed E-state index contributed by atoms with van der Waals surface area (Å²) >= 11 is 0. The van der Waals surface area contributed by atoms with Crippen molar-refractivity contribution >= 4 is 16.9 Å². The van der Waals surface area contributed by atoms with Crippen LogP contribution in [0.2, 0.25) is 0 Å². The Labute approximate surface area is 131 Å². The number of morpholine rings is 1. The summed E-state index contributed by atoms with van der Waals surface area (Å²) in [5.41, 5.74) is 1.59. The molecule has 0 bridgehead atoms. The van der Waals surface area contributed by atoms with E-state index in [-0.39, 0.29) is 17.2 Å². The lowest BCUT2D eigenvalue weighted by atomic mass is 10.2. The second-order valence-electron chi connectivity index (χ2n) is 4.81. The van der Waals surface area contributed by atoms with Crippen LogP contribution in [-0.4, -0.2) is 46.9 Å². The molecule has 0 amide bonds. The SMILES string of the molecule is N#CC(=CNc1cc(F)ccc1N1CCOCC1)c1nn[nH]n1. The third kappa shape index (κ3) is 3.44. The molecule has 0 saturated carbocycles. The predicted octanol–water partition coefficient (Wildman–Crippen LogP) is 1.15. The molecule has 2 heterocycles. The highest BCUT2D eigenvalue weighted by Gasteiger charge is 2.15. The zero-order valence-corrected chi connectivity index (χ0v) is 12.2. The molecule has 0 atom stereocenters. The second kappa shape index (κ2) is 6.85. The molecule has 3 rings (SSSR count). The van der Waals surface area contributed by atoms with Crippen LogP contribution < -0.4 is 10.2 Å². The topological polar surface area (TPSA) is 103 Å². The number of H-pyrrole nitrogens is 1. The van der Waals surface area contributed by atoms with E-state index < -0.39 is 0 Å². The summed E-state index contributed by atoms with van der Waals surface area (Å²) in [6, 6.07) is 6.47. The summed E-state index contributed by atoms with van der Waals surface area (Å²) in [7, 11) is 0. The predicted molar refractivity (Wildman–Crippen MR) is 80.8 cm³/mol. The largest absolute Gasteiger partial charge is 0.378 e. The zero-order chi connectivity index (χ0) is 16.1. The first-order valence-corrected chi connectivity index (χ1v) is 7.01. The first kappa shape index (κ1) is 14.9. The number of rotatable bonds is 4. The van der Waals surface area contributed by atoms with E-state index in [0.717, 1.165) is 18.8 Å². The van der Waals surface area contributed by atoms with Crippen molar-refractivity contribution in [1.82, 2.24) is 20.6 Å². The van der Waals surface area contributed by atoms with Crippen molar-refractivity contribution in [3.63, 3.8) is 0 Å². The highest BCUT2D eigenvalue weighted by Crippen LogP contribution is 2.28. The van der Waals surface area contributed by atoms with Crippen molar-refractivity contribution in [3.05, 3.63) is 36.0 Å². The Bertz CT molecular complexity index is 732. The summed E-state index contributed by atoms with van der Waals surface area (Å²) < 4.78 is 18.9. The van der Waals surface area contributed by atoms with Crippen LogP contribution >= 0.6 is 0 Å². The molecule has 8 nitrogen and oxygen atoms in total. The molecule has 0 aliphatic carbocycles. The van der Waals surface area contributed by atoms with E-state index in [1.807, 2.05) is 6.07 Å². The molecule has 2 aromatic rings. The minimum atomic E-state index is -0.365. The standard InChI is InChI=1S/C14H14FN7O/c15-11-1-2-13(22-3-5-23-6-4-22)12(7-11)17-9-10(8-16)14-18-20-21-19-14/h1-2,7,9,17H,3-6H2,(H,18,19,20,21). The Hall–Kier alpha value is -2.99. The smallest absolute Gasteiger partial charge is 0.216 e. The summed E-state index contributed by atoms with van der Waals surface area (Å²) in [6.45, 7) is 2.69. The Morgan fingerprint density at radius 3 is 2.96 bits per heavy atom. The van der Waals surface area contributed by atoms with Gasteiger partial charge in [0.15, 0.2) is 0 Å². The number of benzene rings is 1. The molecule has 1 aliphatic heterocycles. The number of anilines is 2. The van der Waals surface area contributed by atoms with Crippen LogP contribution in [0.25, 0.3) is 5.57 Å². The van der Waals surface area contributed by atoms with Crippen molar-refractivity contribution in [1.29, 1.82) is 5.26 Å². The molecular formula is C14H14FN7O. The highest BCUT2D eigenvalue weighted by molar-refractivity contribution is 5.77. The van der Waals surface area contributed by atoms with E-state index in [1.165, 1.54) is 18.3 Å². The lowest BCUT2D eigenvalue weighted by Gasteiger charge is -2.30. The van der Waals surface area contributed by atoms with Gasteiger partial charge in [-0.25, -0.2) is 4.39 Å². The van der Waals surface area contributed by atoms with Crippen LogP contribution in [0.4, 0.5) is 15.8 Å². The van der Waals surface area contributed by atoms with Crippen LogP contribution in [0.5, 0.6) is 0 Å². The van der Waals surface area contributed by atoms with E-state index in [1.54, 1.807) is 6.07 Å². The molecule has 1 saturated heterocycles. The number of hydrogen-bond acceptors (Lipinski definition) is 7. The average molecular weight is 315 g/mol. The molecule has 1 aliphatic rings. The van der Waals surface area contributed by atoms with Crippen LogP contribution in [0.3, 0.4) is 0 Å². The average Bonchev–Trinajstić information content (AvgIpc) is 3.11. The molecule has 118 valence electrons. The van der Waals surface area contributed by atoms with Gasteiger partial charge >= 0.3 is 0 Å². The van der Waals surface area contributed by atoms with Crippen molar-refractivity contribution in [2.24, 2.45) is 0 Å². The number of tetrazole rings is 1. The third-order valence-corrected chi connectivity index (χ3v) is 3.39. The maximum atomic E-state index is 13.6. The summed E-state index contributed by atoms with van der Waals surface area (Å²) in [5, 5.41) is 25.3. The minimum Gasteiger partial charge on any atom is -0.378 e. The minimum absolute atomic E-state index is 0.171. The van der Waals surface area contributed by atoms with E-state index in [0.29, 0.717) is 18.9 Å². The van der Waals surface area contributed by atoms with Gasteiger partial charge in [0.05, 0.1) is 24.6 Å². The fourth-order valence-electron chi connectivity index (χ4n) is 2.28. The second-order valence-corrected chi connectivity index (χ2v) is 4.81. The van der Waals surface area contributed by atoms with Gasteiger partial charge in [-0.1, -0.05) is 0 Å². The van der Waals surface area contributed by atoms with E-state index in [9.17, 15) is 4.39 Å². The first-order chi connectivity index (χ1) is 11.3. The van der Waals surface area contributed by atoms with Gasteiger partial charge in [0.25, 0.3) is 0 Å². The number of halogens is 1. The summed E-state index contributed by atoms with van der Waals surface area (Å²) in [4.78, 5) is 2.10. The Morgan fingerprint density at radius 1 is 1.43 bits per heavy atom. The number of ether oxygens (including phenoxy) is 1. The number of nitrogens with one attached hydrogen (secondary N) is 2. The van der Waals surface area contributed by atoms with Crippen LogP contribution in [0.1, 0.15) is 5.82 Å². The Kier molecular flexibility index (Phi) is 4.44. The lowest BCUT2D eigenvalue weighted by Crippen LogP contribution is -2.36.